The summed E-state index contributed by atoms with van der Waals surface area (Å²) in [4.78, 5) is 7.48. The Morgan fingerprint density at radius 3 is 3.06 bits per heavy atom. The standard InChI is InChI=1S/C14H16F2N2/c1-3-9(2)4-7-13-17-11-6-5-10(14(15)16)8-12(11)18-13/h3,6,8,10,14H,1-2,4-5,7H2,(H,17,18). The highest BCUT2D eigenvalue weighted by molar-refractivity contribution is 5.37. The Kier molecular flexibility index (Phi) is 3.75. The number of fused-ring (bicyclic) bond motifs is 1. The van der Waals surface area contributed by atoms with Gasteiger partial charge < -0.3 is 4.98 Å². The molecule has 0 spiro atoms. The topological polar surface area (TPSA) is 28.7 Å². The summed E-state index contributed by atoms with van der Waals surface area (Å²) in [6.45, 7) is 7.47. The number of imidazole rings is 1. The maximum absolute atomic E-state index is 12.6. The Labute approximate surface area is 104 Å². The number of hydrogen-bond donors (Lipinski definition) is 1. The molecule has 0 amide bonds. The first-order chi connectivity index (χ1) is 8.60. The highest BCUT2D eigenvalue weighted by Gasteiger charge is 2.19. The van der Waals surface area contributed by atoms with Gasteiger partial charge in [-0.15, -0.1) is 0 Å². The number of aromatic amines is 1. The third-order valence-corrected chi connectivity index (χ3v) is 3.07. The van der Waals surface area contributed by atoms with Crippen molar-refractivity contribution in [1.82, 2.24) is 9.97 Å². The van der Waals surface area contributed by atoms with E-state index >= 15 is 0 Å². The van der Waals surface area contributed by atoms with Crippen molar-refractivity contribution < 1.29 is 8.78 Å². The Morgan fingerprint density at radius 1 is 1.61 bits per heavy atom. The lowest BCUT2D eigenvalue weighted by Gasteiger charge is -2.09. The van der Waals surface area contributed by atoms with Gasteiger partial charge in [-0.1, -0.05) is 30.9 Å². The number of H-pyrrole nitrogens is 1. The lowest BCUT2D eigenvalue weighted by molar-refractivity contribution is 0.109. The van der Waals surface area contributed by atoms with Crippen molar-refractivity contribution in [1.29, 1.82) is 0 Å². The van der Waals surface area contributed by atoms with Crippen LogP contribution in [0.15, 0.2) is 24.8 Å². The number of halogens is 2. The summed E-state index contributed by atoms with van der Waals surface area (Å²) in [6, 6.07) is 0. The fraction of sp³-hybridized carbons (Fsp3) is 0.357. The number of aromatic nitrogens is 2. The van der Waals surface area contributed by atoms with Gasteiger partial charge >= 0.3 is 0 Å². The van der Waals surface area contributed by atoms with E-state index in [0.717, 1.165) is 29.6 Å². The Morgan fingerprint density at radius 2 is 2.39 bits per heavy atom. The number of hydrogen-bond acceptors (Lipinski definition) is 1. The number of allylic oxidation sites excluding steroid dienone is 2. The van der Waals surface area contributed by atoms with E-state index in [1.165, 1.54) is 0 Å². The summed E-state index contributed by atoms with van der Waals surface area (Å²) < 4.78 is 25.2. The summed E-state index contributed by atoms with van der Waals surface area (Å²) in [5.74, 6) is 0.111. The smallest absolute Gasteiger partial charge is 0.245 e. The van der Waals surface area contributed by atoms with Gasteiger partial charge in [0.15, 0.2) is 0 Å². The number of alkyl halides is 2. The first-order valence-corrected chi connectivity index (χ1v) is 5.95. The van der Waals surface area contributed by atoms with Gasteiger partial charge in [0.1, 0.15) is 5.82 Å². The monoisotopic (exact) mass is 250 g/mol. The molecule has 1 N–H and O–H groups in total. The summed E-state index contributed by atoms with van der Waals surface area (Å²) >= 11 is 0. The van der Waals surface area contributed by atoms with Crippen LogP contribution in [0.1, 0.15) is 18.7 Å². The van der Waals surface area contributed by atoms with Crippen molar-refractivity contribution >= 4 is 12.2 Å². The molecule has 0 saturated carbocycles. The van der Waals surface area contributed by atoms with Gasteiger partial charge in [0.05, 0.1) is 10.7 Å². The van der Waals surface area contributed by atoms with E-state index in [1.807, 2.05) is 0 Å². The molecule has 96 valence electrons. The number of aryl methyl sites for hydroxylation is 1. The molecule has 1 aliphatic carbocycles. The second kappa shape index (κ2) is 5.29. The lowest BCUT2D eigenvalue weighted by Crippen LogP contribution is -2.30. The maximum atomic E-state index is 12.6. The molecule has 1 atom stereocenters. The van der Waals surface area contributed by atoms with Gasteiger partial charge in [0.2, 0.25) is 6.43 Å². The summed E-state index contributed by atoms with van der Waals surface area (Å²) in [5.41, 5.74) is 0.947. The largest absolute Gasteiger partial charge is 0.342 e. The van der Waals surface area contributed by atoms with Crippen molar-refractivity contribution in [3.05, 3.63) is 41.3 Å². The molecule has 18 heavy (non-hydrogen) atoms. The first-order valence-electron chi connectivity index (χ1n) is 5.95. The number of rotatable bonds is 5. The minimum atomic E-state index is -2.32. The van der Waals surface area contributed by atoms with Crippen LogP contribution in [0, 0.1) is 5.92 Å². The normalized spacial score (nSPS) is 17.8. The molecule has 1 aliphatic rings. The Hall–Kier alpha value is -1.71. The van der Waals surface area contributed by atoms with Gasteiger partial charge in [0, 0.05) is 12.3 Å². The molecule has 1 heterocycles. The van der Waals surface area contributed by atoms with E-state index in [9.17, 15) is 8.78 Å². The van der Waals surface area contributed by atoms with Gasteiger partial charge in [-0.25, -0.2) is 13.8 Å². The lowest BCUT2D eigenvalue weighted by atomic mass is 10.0. The molecule has 1 aromatic rings. The summed E-state index contributed by atoms with van der Waals surface area (Å²) in [6.07, 6.45) is 4.60. The average molecular weight is 250 g/mol. The van der Waals surface area contributed by atoms with E-state index in [-0.39, 0.29) is 0 Å². The molecular weight excluding hydrogens is 234 g/mol. The van der Waals surface area contributed by atoms with E-state index in [2.05, 4.69) is 23.1 Å². The molecular formula is C14H16F2N2. The van der Waals surface area contributed by atoms with Crippen LogP contribution in [0.4, 0.5) is 8.78 Å². The number of nitrogens with one attached hydrogen (secondary N) is 1. The molecule has 0 radical (unpaired) electrons. The van der Waals surface area contributed by atoms with Gasteiger partial charge in [-0.05, 0) is 18.9 Å². The van der Waals surface area contributed by atoms with Gasteiger partial charge in [-0.3, -0.25) is 0 Å². The van der Waals surface area contributed by atoms with Crippen LogP contribution in [-0.4, -0.2) is 16.4 Å². The maximum Gasteiger partial charge on any atom is 0.245 e. The molecule has 4 heteroatoms. The van der Waals surface area contributed by atoms with Crippen molar-refractivity contribution in [2.75, 3.05) is 0 Å². The van der Waals surface area contributed by atoms with Crippen LogP contribution in [0.5, 0.6) is 0 Å². The molecule has 2 rings (SSSR count). The highest BCUT2D eigenvalue weighted by atomic mass is 19.3. The molecule has 2 nitrogen and oxygen atoms in total. The summed E-state index contributed by atoms with van der Waals surface area (Å²) in [7, 11) is 0. The van der Waals surface area contributed by atoms with E-state index in [1.54, 1.807) is 18.2 Å². The molecule has 0 fully saturated rings. The minimum Gasteiger partial charge on any atom is -0.342 e. The number of nitrogens with zero attached hydrogens (tertiary/aromatic N) is 1. The van der Waals surface area contributed by atoms with Crippen LogP contribution >= 0.6 is 0 Å². The molecule has 1 aromatic heterocycles. The molecule has 0 saturated heterocycles. The predicted octanol–water partition coefficient (Wildman–Crippen LogP) is 1.93. The SMILES string of the molecule is C=CC(=C)CCc1nc2c([nH]1)=CC(C(F)F)CC=2. The zero-order valence-corrected chi connectivity index (χ0v) is 10.1. The minimum absolute atomic E-state index is 0.355. The van der Waals surface area contributed by atoms with Crippen LogP contribution in [0.2, 0.25) is 0 Å². The van der Waals surface area contributed by atoms with Crippen LogP contribution in [0.3, 0.4) is 0 Å². The van der Waals surface area contributed by atoms with Gasteiger partial charge in [-0.2, -0.15) is 0 Å². The molecule has 0 aromatic carbocycles. The average Bonchev–Trinajstić information content (AvgIpc) is 2.77. The Bertz CT molecular complexity index is 569. The van der Waals surface area contributed by atoms with Crippen LogP contribution < -0.4 is 10.7 Å². The zero-order valence-electron chi connectivity index (χ0n) is 10.1. The van der Waals surface area contributed by atoms with Crippen LogP contribution in [0.25, 0.3) is 12.2 Å². The zero-order chi connectivity index (χ0) is 13.1. The molecule has 0 aliphatic heterocycles. The first kappa shape index (κ1) is 12.7. The van der Waals surface area contributed by atoms with Gasteiger partial charge in [0.25, 0.3) is 0 Å². The summed E-state index contributed by atoms with van der Waals surface area (Å²) in [5, 5.41) is 1.50. The quantitative estimate of drug-likeness (QED) is 0.795. The molecule has 1 unspecified atom stereocenters. The van der Waals surface area contributed by atoms with Crippen molar-refractivity contribution in [3.8, 4) is 0 Å². The molecule has 0 bridgehead atoms. The third-order valence-electron chi connectivity index (χ3n) is 3.07. The fourth-order valence-corrected chi connectivity index (χ4v) is 1.94. The highest BCUT2D eigenvalue weighted by Crippen LogP contribution is 2.17. The third kappa shape index (κ3) is 2.75. The van der Waals surface area contributed by atoms with E-state index in [0.29, 0.717) is 11.8 Å². The van der Waals surface area contributed by atoms with E-state index < -0.39 is 12.3 Å². The van der Waals surface area contributed by atoms with Crippen molar-refractivity contribution in [3.63, 3.8) is 0 Å². The Balaban J connectivity index is 2.17. The van der Waals surface area contributed by atoms with Crippen molar-refractivity contribution in [2.24, 2.45) is 5.92 Å². The van der Waals surface area contributed by atoms with Crippen LogP contribution in [-0.2, 0) is 6.42 Å². The van der Waals surface area contributed by atoms with Crippen molar-refractivity contribution in [2.45, 2.75) is 25.7 Å². The van der Waals surface area contributed by atoms with E-state index in [4.69, 9.17) is 0 Å². The predicted molar refractivity (Wildman–Crippen MR) is 68.5 cm³/mol. The fourth-order valence-electron chi connectivity index (χ4n) is 1.94. The second-order valence-corrected chi connectivity index (χ2v) is 4.45. The second-order valence-electron chi connectivity index (χ2n) is 4.45.